The van der Waals surface area contributed by atoms with Crippen molar-refractivity contribution in [3.8, 4) is 0 Å². The molecule has 2 aromatic rings. The first-order chi connectivity index (χ1) is 8.08. The number of nitrogens with one attached hydrogen (secondary N) is 1. The van der Waals surface area contributed by atoms with Gasteiger partial charge in [-0.15, -0.1) is 23.7 Å². The van der Waals surface area contributed by atoms with Gasteiger partial charge in [-0.25, -0.2) is 0 Å². The average molecular weight is 281 g/mol. The summed E-state index contributed by atoms with van der Waals surface area (Å²) in [4.78, 5) is 0.852. The van der Waals surface area contributed by atoms with Crippen LogP contribution in [0.4, 0.5) is 0 Å². The summed E-state index contributed by atoms with van der Waals surface area (Å²) in [6, 6.07) is 8.31. The molecule has 0 atom stereocenters. The highest BCUT2D eigenvalue weighted by molar-refractivity contribution is 7.20. The van der Waals surface area contributed by atoms with Crippen LogP contribution in [0, 0.1) is 5.41 Å². The summed E-state index contributed by atoms with van der Waals surface area (Å²) >= 11 is 1.58. The number of hydrogen-bond acceptors (Lipinski definition) is 2. The normalized spacial score (nSPS) is 9.89. The van der Waals surface area contributed by atoms with E-state index in [1.807, 2.05) is 6.07 Å². The topological polar surface area (TPSA) is 49.9 Å². The standard InChI is InChI=1S/C14H16N2S.ClH/c1-9(2)6-7-10-4-3-5-12-11(10)8-13(17-12)14(15)16;/h3-6,8H,7H2,1-2H3,(H3,15,16);1H. The van der Waals surface area contributed by atoms with Crippen molar-refractivity contribution in [2.24, 2.45) is 5.73 Å². The van der Waals surface area contributed by atoms with Crippen molar-refractivity contribution in [3.05, 3.63) is 46.4 Å². The van der Waals surface area contributed by atoms with E-state index in [2.05, 4.69) is 38.1 Å². The van der Waals surface area contributed by atoms with E-state index in [0.717, 1.165) is 11.3 Å². The second-order valence-corrected chi connectivity index (χ2v) is 5.42. The molecule has 0 unspecified atom stereocenters. The van der Waals surface area contributed by atoms with Crippen LogP contribution in [0.25, 0.3) is 10.1 Å². The highest BCUT2D eigenvalue weighted by Crippen LogP contribution is 2.28. The predicted octanol–water partition coefficient (Wildman–Crippen LogP) is 4.12. The van der Waals surface area contributed by atoms with Gasteiger partial charge >= 0.3 is 0 Å². The van der Waals surface area contributed by atoms with Gasteiger partial charge in [-0.2, -0.15) is 0 Å². The fourth-order valence-corrected chi connectivity index (χ4v) is 2.72. The molecule has 2 rings (SSSR count). The van der Waals surface area contributed by atoms with E-state index in [4.69, 9.17) is 11.1 Å². The second kappa shape index (κ2) is 6.03. The van der Waals surface area contributed by atoms with Crippen LogP contribution in [0.2, 0.25) is 0 Å². The molecule has 0 fully saturated rings. The number of benzene rings is 1. The molecule has 1 aromatic carbocycles. The van der Waals surface area contributed by atoms with Gasteiger partial charge in [-0.05, 0) is 43.4 Å². The number of amidine groups is 1. The third-order valence-electron chi connectivity index (χ3n) is 2.65. The van der Waals surface area contributed by atoms with Gasteiger partial charge in [0.15, 0.2) is 0 Å². The molecular weight excluding hydrogens is 264 g/mol. The maximum absolute atomic E-state index is 7.48. The third-order valence-corrected chi connectivity index (χ3v) is 3.78. The summed E-state index contributed by atoms with van der Waals surface area (Å²) in [7, 11) is 0. The van der Waals surface area contributed by atoms with Gasteiger partial charge in [0.05, 0.1) is 4.88 Å². The van der Waals surface area contributed by atoms with Crippen LogP contribution in [-0.2, 0) is 6.42 Å². The fraction of sp³-hybridized carbons (Fsp3) is 0.214. The Labute approximate surface area is 117 Å². The third kappa shape index (κ3) is 3.12. The van der Waals surface area contributed by atoms with E-state index in [-0.39, 0.29) is 18.2 Å². The van der Waals surface area contributed by atoms with Crippen LogP contribution >= 0.6 is 23.7 Å². The van der Waals surface area contributed by atoms with Crippen molar-refractivity contribution in [1.29, 1.82) is 5.41 Å². The van der Waals surface area contributed by atoms with Gasteiger partial charge < -0.3 is 5.73 Å². The van der Waals surface area contributed by atoms with Crippen LogP contribution in [0.3, 0.4) is 0 Å². The molecule has 0 aliphatic heterocycles. The summed E-state index contributed by atoms with van der Waals surface area (Å²) in [6.07, 6.45) is 3.16. The van der Waals surface area contributed by atoms with Gasteiger partial charge in [-0.1, -0.05) is 23.8 Å². The number of allylic oxidation sites excluding steroid dienone is 2. The summed E-state index contributed by atoms with van der Waals surface area (Å²) in [5, 5.41) is 8.71. The number of hydrogen-bond donors (Lipinski definition) is 2. The van der Waals surface area contributed by atoms with Gasteiger partial charge in [0, 0.05) is 4.70 Å². The van der Waals surface area contributed by atoms with Gasteiger partial charge in [0.25, 0.3) is 0 Å². The Morgan fingerprint density at radius 3 is 2.72 bits per heavy atom. The zero-order chi connectivity index (χ0) is 12.4. The van der Waals surface area contributed by atoms with Crippen molar-refractivity contribution in [3.63, 3.8) is 0 Å². The number of fused-ring (bicyclic) bond motifs is 1. The number of nitrogen functional groups attached to an aromatic ring is 1. The average Bonchev–Trinajstić information content (AvgIpc) is 2.70. The number of halogens is 1. The lowest BCUT2D eigenvalue weighted by atomic mass is 10.1. The second-order valence-electron chi connectivity index (χ2n) is 4.34. The zero-order valence-electron chi connectivity index (χ0n) is 10.5. The van der Waals surface area contributed by atoms with E-state index in [1.165, 1.54) is 21.2 Å². The van der Waals surface area contributed by atoms with Crippen molar-refractivity contribution in [1.82, 2.24) is 0 Å². The molecule has 4 heteroatoms. The number of thiophene rings is 1. The Kier molecular flexibility index (Phi) is 4.93. The molecule has 0 radical (unpaired) electrons. The van der Waals surface area contributed by atoms with Crippen molar-refractivity contribution >= 4 is 39.7 Å². The van der Waals surface area contributed by atoms with Crippen LogP contribution in [-0.4, -0.2) is 5.84 Å². The SMILES string of the molecule is CC(C)=CCc1cccc2sc(C(=N)N)cc12.Cl. The van der Waals surface area contributed by atoms with E-state index < -0.39 is 0 Å². The van der Waals surface area contributed by atoms with E-state index in [1.54, 1.807) is 11.3 Å². The molecule has 1 heterocycles. The minimum atomic E-state index is 0. The van der Waals surface area contributed by atoms with Crippen molar-refractivity contribution in [2.45, 2.75) is 20.3 Å². The monoisotopic (exact) mass is 280 g/mol. The molecule has 0 aliphatic rings. The smallest absolute Gasteiger partial charge is 0.133 e. The Hall–Kier alpha value is -1.32. The molecule has 0 bridgehead atoms. The highest BCUT2D eigenvalue weighted by atomic mass is 35.5. The van der Waals surface area contributed by atoms with E-state index in [9.17, 15) is 0 Å². The minimum absolute atomic E-state index is 0. The maximum atomic E-state index is 7.48. The number of rotatable bonds is 3. The number of nitrogens with two attached hydrogens (primary N) is 1. The summed E-state index contributed by atoms with van der Waals surface area (Å²) in [6.45, 7) is 4.21. The van der Waals surface area contributed by atoms with E-state index >= 15 is 0 Å². The minimum Gasteiger partial charge on any atom is -0.383 e. The molecule has 0 amide bonds. The molecule has 0 saturated heterocycles. The lowest BCUT2D eigenvalue weighted by Gasteiger charge is -1.99. The van der Waals surface area contributed by atoms with Gasteiger partial charge in [0.1, 0.15) is 5.84 Å². The molecule has 1 aromatic heterocycles. The predicted molar refractivity (Wildman–Crippen MR) is 83.2 cm³/mol. The van der Waals surface area contributed by atoms with Crippen LogP contribution in [0.5, 0.6) is 0 Å². The zero-order valence-corrected chi connectivity index (χ0v) is 12.1. The Morgan fingerprint density at radius 2 is 2.11 bits per heavy atom. The first kappa shape index (κ1) is 14.7. The molecule has 0 spiro atoms. The fourth-order valence-electron chi connectivity index (χ4n) is 1.75. The van der Waals surface area contributed by atoms with Crippen LogP contribution < -0.4 is 5.73 Å². The molecule has 0 saturated carbocycles. The molecule has 0 aliphatic carbocycles. The molecular formula is C14H17ClN2S. The summed E-state index contributed by atoms with van der Waals surface area (Å²) in [5.41, 5.74) is 8.15. The Bertz CT molecular complexity index is 595. The maximum Gasteiger partial charge on any atom is 0.133 e. The lowest BCUT2D eigenvalue weighted by molar-refractivity contribution is 1.23. The van der Waals surface area contributed by atoms with Crippen LogP contribution in [0.15, 0.2) is 35.9 Å². The molecule has 18 heavy (non-hydrogen) atoms. The first-order valence-corrected chi connectivity index (χ1v) is 6.39. The van der Waals surface area contributed by atoms with Crippen molar-refractivity contribution < 1.29 is 0 Å². The highest BCUT2D eigenvalue weighted by Gasteiger charge is 2.06. The largest absolute Gasteiger partial charge is 0.383 e. The quantitative estimate of drug-likeness (QED) is 0.496. The van der Waals surface area contributed by atoms with Crippen molar-refractivity contribution in [2.75, 3.05) is 0 Å². The molecule has 3 N–H and O–H groups in total. The molecule has 2 nitrogen and oxygen atoms in total. The van der Waals surface area contributed by atoms with Crippen LogP contribution in [0.1, 0.15) is 24.3 Å². The Morgan fingerprint density at radius 1 is 1.39 bits per heavy atom. The summed E-state index contributed by atoms with van der Waals surface area (Å²) in [5.74, 6) is 0.152. The Balaban J connectivity index is 0.00000162. The van der Waals surface area contributed by atoms with E-state index in [0.29, 0.717) is 0 Å². The first-order valence-electron chi connectivity index (χ1n) is 5.57. The summed E-state index contributed by atoms with van der Waals surface area (Å²) < 4.78 is 1.20. The van der Waals surface area contributed by atoms with Gasteiger partial charge in [-0.3, -0.25) is 5.41 Å². The lowest BCUT2D eigenvalue weighted by Crippen LogP contribution is -2.08. The molecule has 96 valence electrons. The van der Waals surface area contributed by atoms with Gasteiger partial charge in [0.2, 0.25) is 0 Å².